The van der Waals surface area contributed by atoms with Crippen LogP contribution in [0.2, 0.25) is 0 Å². The summed E-state index contributed by atoms with van der Waals surface area (Å²) in [7, 11) is 0. The number of rotatable bonds is 3. The zero-order valence-corrected chi connectivity index (χ0v) is 16.5. The van der Waals surface area contributed by atoms with Crippen LogP contribution in [0.3, 0.4) is 0 Å². The van der Waals surface area contributed by atoms with Gasteiger partial charge in [-0.3, -0.25) is 4.90 Å². The van der Waals surface area contributed by atoms with Crippen LogP contribution >= 0.6 is 0 Å². The van der Waals surface area contributed by atoms with Gasteiger partial charge in [0, 0.05) is 18.2 Å². The van der Waals surface area contributed by atoms with Crippen molar-refractivity contribution in [3.63, 3.8) is 0 Å². The molecule has 4 rings (SSSR count). The molecule has 25 heavy (non-hydrogen) atoms. The van der Waals surface area contributed by atoms with Crippen molar-refractivity contribution in [1.29, 1.82) is 0 Å². The Labute approximate surface area is 153 Å². The zero-order valence-electron chi connectivity index (χ0n) is 16.5. The number of hydrogen-bond acceptors (Lipinski definition) is 2. The largest absolute Gasteiger partial charge is 0.347 e. The van der Waals surface area contributed by atoms with Gasteiger partial charge < -0.3 is 4.90 Å². The number of fused-ring (bicyclic) bond motifs is 2. The van der Waals surface area contributed by atoms with Gasteiger partial charge in [-0.25, -0.2) is 0 Å². The molecule has 0 amide bonds. The third-order valence-electron chi connectivity index (χ3n) is 6.35. The first kappa shape index (κ1) is 16.9. The van der Waals surface area contributed by atoms with Gasteiger partial charge in [0.2, 0.25) is 0 Å². The molecule has 0 saturated carbocycles. The zero-order chi connectivity index (χ0) is 17.9. The molecule has 2 nitrogen and oxygen atoms in total. The Bertz CT molecular complexity index is 728. The average Bonchev–Trinajstić information content (AvgIpc) is 2.85. The Morgan fingerprint density at radius 3 is 2.52 bits per heavy atom. The molecule has 0 spiro atoms. The fourth-order valence-corrected chi connectivity index (χ4v) is 5.24. The van der Waals surface area contributed by atoms with E-state index in [9.17, 15) is 0 Å². The van der Waals surface area contributed by atoms with Gasteiger partial charge in [-0.2, -0.15) is 0 Å². The van der Waals surface area contributed by atoms with Crippen LogP contribution in [0, 0.1) is 5.92 Å². The highest BCUT2D eigenvalue weighted by Gasteiger charge is 2.51. The first-order valence-corrected chi connectivity index (χ1v) is 9.97. The van der Waals surface area contributed by atoms with E-state index in [1.165, 1.54) is 16.8 Å². The molecule has 2 aliphatic heterocycles. The number of para-hydroxylation sites is 1. The van der Waals surface area contributed by atoms with Crippen LogP contribution in [0.4, 0.5) is 5.69 Å². The summed E-state index contributed by atoms with van der Waals surface area (Å²) in [6, 6.07) is 7.97. The summed E-state index contributed by atoms with van der Waals surface area (Å²) in [4.78, 5) is 5.46. The molecule has 4 atom stereocenters. The van der Waals surface area contributed by atoms with Crippen LogP contribution in [-0.2, 0) is 0 Å². The molecule has 0 bridgehead atoms. The fourth-order valence-electron chi connectivity index (χ4n) is 5.24. The maximum Gasteiger partial charge on any atom is 0.0805 e. The van der Waals surface area contributed by atoms with Gasteiger partial charge in [0.05, 0.1) is 18.2 Å². The van der Waals surface area contributed by atoms with E-state index in [4.69, 9.17) is 0 Å². The maximum absolute atomic E-state index is 2.74. The second-order valence-corrected chi connectivity index (χ2v) is 8.78. The van der Waals surface area contributed by atoms with Crippen LogP contribution < -0.4 is 4.90 Å². The van der Waals surface area contributed by atoms with Crippen molar-refractivity contribution < 1.29 is 0 Å². The van der Waals surface area contributed by atoms with Gasteiger partial charge in [0.15, 0.2) is 0 Å². The Hall–Kier alpha value is -1.54. The lowest BCUT2D eigenvalue weighted by Crippen LogP contribution is -2.45. The summed E-state index contributed by atoms with van der Waals surface area (Å²) < 4.78 is 0. The Kier molecular flexibility index (Phi) is 4.07. The Morgan fingerprint density at radius 1 is 1.08 bits per heavy atom. The molecule has 134 valence electrons. The number of allylic oxidation sites excluding steroid dienone is 2. The molecule has 1 aromatic rings. The second kappa shape index (κ2) is 6.02. The maximum atomic E-state index is 2.74. The minimum absolute atomic E-state index is 0.440. The van der Waals surface area contributed by atoms with Gasteiger partial charge in [-0.05, 0) is 35.5 Å². The Morgan fingerprint density at radius 2 is 1.84 bits per heavy atom. The minimum Gasteiger partial charge on any atom is -0.347 e. The van der Waals surface area contributed by atoms with Crippen molar-refractivity contribution in [1.82, 2.24) is 4.90 Å². The standard InChI is InChI=1S/C23H32N2/c1-14(2)13-24-17(6)25-22-18(15(3)4)9-7-10-19(22)16(5)20-11-8-12-21(24)23(20)25/h7-12,14-17,21,23H,13H2,1-6H3. The summed E-state index contributed by atoms with van der Waals surface area (Å²) in [5.41, 5.74) is 6.14. The summed E-state index contributed by atoms with van der Waals surface area (Å²) >= 11 is 0. The fraction of sp³-hybridized carbons (Fsp3) is 0.565. The van der Waals surface area contributed by atoms with Crippen molar-refractivity contribution in [2.24, 2.45) is 5.92 Å². The third-order valence-corrected chi connectivity index (χ3v) is 6.35. The van der Waals surface area contributed by atoms with Gasteiger partial charge >= 0.3 is 0 Å². The summed E-state index contributed by atoms with van der Waals surface area (Å²) in [5.74, 6) is 1.74. The van der Waals surface area contributed by atoms with Gasteiger partial charge in [0.1, 0.15) is 0 Å². The molecular formula is C23H32N2. The quantitative estimate of drug-likeness (QED) is 0.740. The van der Waals surface area contributed by atoms with Gasteiger partial charge in [0.25, 0.3) is 0 Å². The first-order valence-electron chi connectivity index (χ1n) is 9.97. The smallest absolute Gasteiger partial charge is 0.0805 e. The minimum atomic E-state index is 0.440. The van der Waals surface area contributed by atoms with Crippen molar-refractivity contribution in [2.45, 2.75) is 71.6 Å². The lowest BCUT2D eigenvalue weighted by atomic mass is 9.76. The van der Waals surface area contributed by atoms with Crippen molar-refractivity contribution in [2.75, 3.05) is 11.4 Å². The van der Waals surface area contributed by atoms with E-state index in [0.29, 0.717) is 36.0 Å². The molecule has 0 aromatic heterocycles. The van der Waals surface area contributed by atoms with Crippen LogP contribution in [0.15, 0.2) is 42.0 Å². The normalized spacial score (nSPS) is 30.7. The van der Waals surface area contributed by atoms with Crippen LogP contribution in [0.5, 0.6) is 0 Å². The van der Waals surface area contributed by atoms with E-state index < -0.39 is 0 Å². The molecule has 0 N–H and O–H groups in total. The predicted octanol–water partition coefficient (Wildman–Crippen LogP) is 5.28. The van der Waals surface area contributed by atoms with Crippen molar-refractivity contribution >= 4 is 5.69 Å². The highest BCUT2D eigenvalue weighted by atomic mass is 15.5. The molecule has 1 aliphatic carbocycles. The summed E-state index contributed by atoms with van der Waals surface area (Å²) in [6.45, 7) is 15.3. The molecule has 1 aromatic carbocycles. The molecule has 3 aliphatic rings. The molecule has 4 unspecified atom stereocenters. The lowest BCUT2D eigenvalue weighted by molar-refractivity contribution is 0.203. The highest BCUT2D eigenvalue weighted by Crippen LogP contribution is 2.51. The summed E-state index contributed by atoms with van der Waals surface area (Å²) in [6.07, 6.45) is 7.56. The first-order chi connectivity index (χ1) is 11.9. The average molecular weight is 337 g/mol. The predicted molar refractivity (Wildman–Crippen MR) is 107 cm³/mol. The van der Waals surface area contributed by atoms with Crippen LogP contribution in [-0.4, -0.2) is 29.7 Å². The molecule has 0 radical (unpaired) electrons. The van der Waals surface area contributed by atoms with Crippen LogP contribution in [0.25, 0.3) is 0 Å². The number of nitrogens with zero attached hydrogens (tertiary/aromatic N) is 2. The van der Waals surface area contributed by atoms with Crippen molar-refractivity contribution in [3.05, 3.63) is 53.1 Å². The van der Waals surface area contributed by atoms with Gasteiger partial charge in [-0.1, -0.05) is 71.0 Å². The SMILES string of the molecule is CC(C)CN1C2C=CC=C3C(C)c4cccc(C(C)C)c4N(C32)C1C. The molecule has 2 heterocycles. The van der Waals surface area contributed by atoms with Crippen LogP contribution in [0.1, 0.15) is 64.5 Å². The van der Waals surface area contributed by atoms with E-state index in [1.807, 2.05) is 0 Å². The molecule has 1 fully saturated rings. The number of anilines is 1. The topological polar surface area (TPSA) is 6.48 Å². The molecular weight excluding hydrogens is 304 g/mol. The number of benzene rings is 1. The monoisotopic (exact) mass is 336 g/mol. The second-order valence-electron chi connectivity index (χ2n) is 8.78. The Balaban J connectivity index is 1.91. The van der Waals surface area contributed by atoms with E-state index in [0.717, 1.165) is 6.54 Å². The third kappa shape index (κ3) is 2.41. The van der Waals surface area contributed by atoms with E-state index in [2.05, 4.69) is 87.8 Å². The molecule has 1 saturated heterocycles. The lowest BCUT2D eigenvalue weighted by Gasteiger charge is -2.44. The number of hydrogen-bond donors (Lipinski definition) is 0. The van der Waals surface area contributed by atoms with Crippen molar-refractivity contribution in [3.8, 4) is 0 Å². The molecule has 2 heteroatoms. The van der Waals surface area contributed by atoms with E-state index in [1.54, 1.807) is 5.57 Å². The van der Waals surface area contributed by atoms with Gasteiger partial charge in [-0.15, -0.1) is 0 Å². The van der Waals surface area contributed by atoms with E-state index >= 15 is 0 Å². The highest BCUT2D eigenvalue weighted by molar-refractivity contribution is 5.71. The van der Waals surface area contributed by atoms with E-state index in [-0.39, 0.29) is 0 Å². The summed E-state index contributed by atoms with van der Waals surface area (Å²) in [5, 5.41) is 0.